The molecule has 0 spiro atoms. The van der Waals surface area contributed by atoms with Crippen molar-refractivity contribution in [3.8, 4) is 17.2 Å². The summed E-state index contributed by atoms with van der Waals surface area (Å²) in [6.45, 7) is 4.13. The second-order valence-corrected chi connectivity index (χ2v) is 4.96. The van der Waals surface area contributed by atoms with E-state index in [4.69, 9.17) is 4.74 Å². The normalized spacial score (nSPS) is 11.3. The lowest BCUT2D eigenvalue weighted by Crippen LogP contribution is -2.16. The maximum atomic E-state index is 12.1. The van der Waals surface area contributed by atoms with E-state index in [1.54, 1.807) is 0 Å². The molecule has 22 heavy (non-hydrogen) atoms. The van der Waals surface area contributed by atoms with Crippen molar-refractivity contribution < 1.29 is 22.6 Å². The van der Waals surface area contributed by atoms with E-state index in [1.165, 1.54) is 29.8 Å². The molecule has 0 aliphatic heterocycles. The van der Waals surface area contributed by atoms with Gasteiger partial charge in [0.05, 0.1) is 0 Å². The van der Waals surface area contributed by atoms with Gasteiger partial charge >= 0.3 is 6.36 Å². The Balaban J connectivity index is 2.06. The summed E-state index contributed by atoms with van der Waals surface area (Å²) in [5.74, 6) is 0.841. The molecule has 5 heteroatoms. The highest BCUT2D eigenvalue weighted by Gasteiger charge is 2.30. The van der Waals surface area contributed by atoms with Crippen molar-refractivity contribution in [2.45, 2.75) is 33.1 Å². The maximum absolute atomic E-state index is 12.1. The Hall–Kier alpha value is -2.17. The van der Waals surface area contributed by atoms with Crippen molar-refractivity contribution in [2.75, 3.05) is 0 Å². The van der Waals surface area contributed by atoms with Gasteiger partial charge in [0.2, 0.25) is 0 Å². The maximum Gasteiger partial charge on any atom is 0.573 e. The standard InChI is InChI=1S/C17H17F3O2/c1-3-4-13-5-6-16(11-12(13)2)21-14-7-9-15(10-8-14)22-17(18,19)20/h5-11H,3-4H2,1-2H3. The van der Waals surface area contributed by atoms with Crippen LogP contribution in [0.1, 0.15) is 24.5 Å². The summed E-state index contributed by atoms with van der Waals surface area (Å²) >= 11 is 0. The van der Waals surface area contributed by atoms with E-state index in [1.807, 2.05) is 25.1 Å². The first-order valence-electron chi connectivity index (χ1n) is 7.00. The molecular weight excluding hydrogens is 293 g/mol. The third kappa shape index (κ3) is 4.69. The van der Waals surface area contributed by atoms with Crippen molar-refractivity contribution in [1.82, 2.24) is 0 Å². The van der Waals surface area contributed by atoms with Gasteiger partial charge in [-0.2, -0.15) is 0 Å². The average molecular weight is 310 g/mol. The molecule has 0 atom stereocenters. The molecule has 0 aromatic heterocycles. The van der Waals surface area contributed by atoms with Crippen molar-refractivity contribution >= 4 is 0 Å². The Morgan fingerprint density at radius 3 is 2.05 bits per heavy atom. The number of rotatable bonds is 5. The molecule has 2 nitrogen and oxygen atoms in total. The molecule has 0 radical (unpaired) electrons. The molecule has 2 aromatic rings. The van der Waals surface area contributed by atoms with Crippen LogP contribution in [0.25, 0.3) is 0 Å². The summed E-state index contributed by atoms with van der Waals surface area (Å²) in [5, 5.41) is 0. The fourth-order valence-corrected chi connectivity index (χ4v) is 2.13. The largest absolute Gasteiger partial charge is 0.573 e. The van der Waals surface area contributed by atoms with Crippen LogP contribution in [0.15, 0.2) is 42.5 Å². The zero-order valence-corrected chi connectivity index (χ0v) is 12.4. The molecule has 0 heterocycles. The van der Waals surface area contributed by atoms with Gasteiger partial charge in [0, 0.05) is 0 Å². The molecule has 0 saturated carbocycles. The lowest BCUT2D eigenvalue weighted by atomic mass is 10.0. The predicted molar refractivity (Wildman–Crippen MR) is 78.4 cm³/mol. The molecule has 0 amide bonds. The van der Waals surface area contributed by atoms with Gasteiger partial charge in [0.25, 0.3) is 0 Å². The van der Waals surface area contributed by atoms with Crippen molar-refractivity contribution in [2.24, 2.45) is 0 Å². The van der Waals surface area contributed by atoms with Gasteiger partial charge in [-0.15, -0.1) is 13.2 Å². The molecule has 118 valence electrons. The second kappa shape index (κ2) is 6.73. The van der Waals surface area contributed by atoms with E-state index >= 15 is 0 Å². The number of ether oxygens (including phenoxy) is 2. The lowest BCUT2D eigenvalue weighted by molar-refractivity contribution is -0.274. The smallest absolute Gasteiger partial charge is 0.457 e. The van der Waals surface area contributed by atoms with Gasteiger partial charge in [-0.1, -0.05) is 19.4 Å². The fraction of sp³-hybridized carbons (Fsp3) is 0.294. The molecule has 0 saturated heterocycles. The minimum atomic E-state index is -4.69. The van der Waals surface area contributed by atoms with Crippen molar-refractivity contribution in [3.05, 3.63) is 53.6 Å². The molecule has 0 bridgehead atoms. The molecular formula is C17H17F3O2. The number of aryl methyl sites for hydroxylation is 2. The van der Waals surface area contributed by atoms with Crippen LogP contribution in [-0.4, -0.2) is 6.36 Å². The number of halogens is 3. The summed E-state index contributed by atoms with van der Waals surface area (Å²) in [7, 11) is 0. The fourth-order valence-electron chi connectivity index (χ4n) is 2.13. The van der Waals surface area contributed by atoms with E-state index in [9.17, 15) is 13.2 Å². The Kier molecular flexibility index (Phi) is 4.96. The van der Waals surface area contributed by atoms with Crippen LogP contribution in [0, 0.1) is 6.92 Å². The molecule has 2 aromatic carbocycles. The van der Waals surface area contributed by atoms with Crippen LogP contribution >= 0.6 is 0 Å². The van der Waals surface area contributed by atoms with E-state index in [0.717, 1.165) is 18.4 Å². The average Bonchev–Trinajstić information content (AvgIpc) is 2.43. The van der Waals surface area contributed by atoms with Gasteiger partial charge in [-0.25, -0.2) is 0 Å². The van der Waals surface area contributed by atoms with Crippen molar-refractivity contribution in [3.63, 3.8) is 0 Å². The summed E-state index contributed by atoms with van der Waals surface area (Å²) < 4.78 is 45.7. The Morgan fingerprint density at radius 2 is 1.50 bits per heavy atom. The van der Waals surface area contributed by atoms with E-state index in [0.29, 0.717) is 11.5 Å². The minimum absolute atomic E-state index is 0.269. The van der Waals surface area contributed by atoms with Crippen LogP contribution in [0.3, 0.4) is 0 Å². The second-order valence-electron chi connectivity index (χ2n) is 4.96. The van der Waals surface area contributed by atoms with Gasteiger partial charge in [-0.05, 0) is 60.9 Å². The Labute approximate surface area is 127 Å². The molecule has 0 unspecified atom stereocenters. The first-order chi connectivity index (χ1) is 10.4. The lowest BCUT2D eigenvalue weighted by Gasteiger charge is -2.11. The highest BCUT2D eigenvalue weighted by Crippen LogP contribution is 2.28. The molecule has 0 N–H and O–H groups in total. The molecule has 2 rings (SSSR count). The first-order valence-corrected chi connectivity index (χ1v) is 7.00. The van der Waals surface area contributed by atoms with Gasteiger partial charge in [0.15, 0.2) is 0 Å². The number of hydrogen-bond donors (Lipinski definition) is 0. The molecule has 0 aliphatic rings. The summed E-state index contributed by atoms with van der Waals surface area (Å²) in [5.41, 5.74) is 2.40. The third-order valence-corrected chi connectivity index (χ3v) is 3.13. The van der Waals surface area contributed by atoms with Crippen LogP contribution in [0.5, 0.6) is 17.2 Å². The zero-order chi connectivity index (χ0) is 16.2. The summed E-state index contributed by atoms with van der Waals surface area (Å²) in [4.78, 5) is 0. The first kappa shape index (κ1) is 16.2. The quantitative estimate of drug-likeness (QED) is 0.711. The number of benzene rings is 2. The van der Waals surface area contributed by atoms with Crippen LogP contribution in [0.4, 0.5) is 13.2 Å². The zero-order valence-electron chi connectivity index (χ0n) is 12.4. The van der Waals surface area contributed by atoms with Crippen LogP contribution < -0.4 is 9.47 Å². The number of hydrogen-bond acceptors (Lipinski definition) is 2. The van der Waals surface area contributed by atoms with Crippen molar-refractivity contribution in [1.29, 1.82) is 0 Å². The van der Waals surface area contributed by atoms with E-state index < -0.39 is 6.36 Å². The van der Waals surface area contributed by atoms with E-state index in [-0.39, 0.29) is 5.75 Å². The monoisotopic (exact) mass is 310 g/mol. The van der Waals surface area contributed by atoms with Gasteiger partial charge in [-0.3, -0.25) is 0 Å². The highest BCUT2D eigenvalue weighted by molar-refractivity contribution is 5.39. The number of alkyl halides is 3. The minimum Gasteiger partial charge on any atom is -0.457 e. The van der Waals surface area contributed by atoms with Gasteiger partial charge in [0.1, 0.15) is 17.2 Å². The summed E-state index contributed by atoms with van der Waals surface area (Å²) in [6.07, 6.45) is -2.61. The van der Waals surface area contributed by atoms with Crippen LogP contribution in [-0.2, 0) is 6.42 Å². The van der Waals surface area contributed by atoms with Crippen LogP contribution in [0.2, 0.25) is 0 Å². The topological polar surface area (TPSA) is 18.5 Å². The molecule has 0 fully saturated rings. The predicted octanol–water partition coefficient (Wildman–Crippen LogP) is 5.64. The highest BCUT2D eigenvalue weighted by atomic mass is 19.4. The third-order valence-electron chi connectivity index (χ3n) is 3.13. The summed E-state index contributed by atoms with van der Waals surface area (Å²) in [6, 6.07) is 11.1. The molecule has 0 aliphatic carbocycles. The Morgan fingerprint density at radius 1 is 0.909 bits per heavy atom. The SMILES string of the molecule is CCCc1ccc(Oc2ccc(OC(F)(F)F)cc2)cc1C. The Bertz CT molecular complexity index is 619. The van der Waals surface area contributed by atoms with E-state index in [2.05, 4.69) is 11.7 Å². The van der Waals surface area contributed by atoms with Gasteiger partial charge < -0.3 is 9.47 Å².